The second-order valence-electron chi connectivity index (χ2n) is 5.63. The molecule has 3 rings (SSSR count). The first kappa shape index (κ1) is 20.2. The predicted octanol–water partition coefficient (Wildman–Crippen LogP) is 4.96. The number of aromatic nitrogens is 1. The molecule has 0 unspecified atom stereocenters. The van der Waals surface area contributed by atoms with Crippen LogP contribution in [0.15, 0.2) is 46.3 Å². The number of rotatable bonds is 7. The summed E-state index contributed by atoms with van der Waals surface area (Å²) in [6.07, 6.45) is 0. The van der Waals surface area contributed by atoms with E-state index >= 15 is 0 Å². The Bertz CT molecular complexity index is 988. The van der Waals surface area contributed by atoms with Gasteiger partial charge in [-0.15, -0.1) is 11.3 Å². The van der Waals surface area contributed by atoms with Crippen molar-refractivity contribution in [2.24, 2.45) is 0 Å². The number of carbonyl (C=O) groups is 1. The average Bonchev–Trinajstić information content (AvgIpc) is 3.20. The quantitative estimate of drug-likeness (QED) is 0.461. The first-order chi connectivity index (χ1) is 13.5. The third-order valence-electron chi connectivity index (χ3n) is 3.92. The lowest BCUT2D eigenvalue weighted by molar-refractivity contribution is 0.0465. The van der Waals surface area contributed by atoms with Gasteiger partial charge in [0.1, 0.15) is 34.4 Å². The average molecular weight is 464 g/mol. The Labute approximate surface area is 175 Å². The zero-order valence-corrected chi connectivity index (χ0v) is 17.9. The summed E-state index contributed by atoms with van der Waals surface area (Å²) in [5.74, 6) is 1.22. The summed E-state index contributed by atoms with van der Waals surface area (Å²) in [5.41, 5.74) is 1.85. The van der Waals surface area contributed by atoms with E-state index in [4.69, 9.17) is 18.9 Å². The molecule has 0 fully saturated rings. The van der Waals surface area contributed by atoms with Crippen LogP contribution in [-0.2, 0) is 11.3 Å². The Morgan fingerprint density at radius 2 is 1.82 bits per heavy atom. The maximum absolute atomic E-state index is 12.4. The van der Waals surface area contributed by atoms with Gasteiger partial charge in [0.05, 0.1) is 32.6 Å². The Morgan fingerprint density at radius 3 is 2.54 bits per heavy atom. The van der Waals surface area contributed by atoms with Gasteiger partial charge in [0.15, 0.2) is 0 Å². The number of hydrogen-bond acceptors (Lipinski definition) is 7. The summed E-state index contributed by atoms with van der Waals surface area (Å²) in [6.45, 7) is 0.0564. The van der Waals surface area contributed by atoms with E-state index in [0.717, 1.165) is 20.8 Å². The molecule has 0 saturated heterocycles. The minimum atomic E-state index is -0.492. The van der Waals surface area contributed by atoms with E-state index in [0.29, 0.717) is 22.8 Å². The van der Waals surface area contributed by atoms with Gasteiger partial charge in [0, 0.05) is 15.9 Å². The zero-order chi connectivity index (χ0) is 20.1. The van der Waals surface area contributed by atoms with Gasteiger partial charge in [0.2, 0.25) is 0 Å². The second-order valence-corrected chi connectivity index (χ2v) is 7.40. The number of benzene rings is 2. The zero-order valence-electron chi connectivity index (χ0n) is 15.5. The first-order valence-electron chi connectivity index (χ1n) is 8.23. The van der Waals surface area contributed by atoms with Crippen molar-refractivity contribution in [2.45, 2.75) is 6.61 Å². The number of hydrogen-bond donors (Lipinski definition) is 0. The number of methoxy groups -OCH3 is 3. The van der Waals surface area contributed by atoms with Crippen LogP contribution in [0.1, 0.15) is 16.1 Å². The Kier molecular flexibility index (Phi) is 6.53. The third-order valence-corrected chi connectivity index (χ3v) is 5.34. The van der Waals surface area contributed by atoms with Crippen LogP contribution in [0.25, 0.3) is 10.6 Å². The van der Waals surface area contributed by atoms with Gasteiger partial charge in [-0.2, -0.15) is 0 Å². The van der Waals surface area contributed by atoms with Crippen molar-refractivity contribution in [3.05, 3.63) is 57.5 Å². The van der Waals surface area contributed by atoms with Crippen LogP contribution in [-0.4, -0.2) is 32.3 Å². The SMILES string of the molecule is COc1ccc(C(=O)OCc2csc(-c3cc(Br)ccc3OC)n2)c(OC)c1. The number of ether oxygens (including phenoxy) is 4. The Morgan fingerprint density at radius 1 is 1.04 bits per heavy atom. The molecule has 0 aliphatic rings. The smallest absolute Gasteiger partial charge is 0.342 e. The van der Waals surface area contributed by atoms with Crippen LogP contribution in [0.4, 0.5) is 0 Å². The number of esters is 1. The standard InChI is InChI=1S/C20H18BrNO5S/c1-24-14-5-6-15(18(9-14)26-3)20(23)27-10-13-11-28-19(22-13)16-8-12(21)4-7-17(16)25-2/h4-9,11H,10H2,1-3H3. The molecule has 0 atom stereocenters. The molecular formula is C20H18BrNO5S. The highest BCUT2D eigenvalue weighted by Crippen LogP contribution is 2.34. The summed E-state index contributed by atoms with van der Waals surface area (Å²) in [6, 6.07) is 10.6. The lowest BCUT2D eigenvalue weighted by atomic mass is 10.2. The molecule has 2 aromatic carbocycles. The molecule has 146 valence electrons. The van der Waals surface area contributed by atoms with E-state index in [1.54, 1.807) is 32.4 Å². The molecule has 28 heavy (non-hydrogen) atoms. The molecule has 0 aliphatic carbocycles. The highest BCUT2D eigenvalue weighted by atomic mass is 79.9. The molecule has 0 aliphatic heterocycles. The van der Waals surface area contributed by atoms with Crippen molar-refractivity contribution in [1.82, 2.24) is 4.98 Å². The molecular weight excluding hydrogens is 446 g/mol. The van der Waals surface area contributed by atoms with Gasteiger partial charge < -0.3 is 18.9 Å². The fourth-order valence-electron chi connectivity index (χ4n) is 2.53. The van der Waals surface area contributed by atoms with Crippen LogP contribution in [0, 0.1) is 0 Å². The molecule has 0 bridgehead atoms. The van der Waals surface area contributed by atoms with E-state index in [2.05, 4.69) is 20.9 Å². The summed E-state index contributed by atoms with van der Waals surface area (Å²) in [4.78, 5) is 17.0. The van der Waals surface area contributed by atoms with E-state index in [1.807, 2.05) is 23.6 Å². The van der Waals surface area contributed by atoms with Gasteiger partial charge in [-0.25, -0.2) is 9.78 Å². The van der Waals surface area contributed by atoms with E-state index < -0.39 is 5.97 Å². The summed E-state index contributed by atoms with van der Waals surface area (Å²) < 4.78 is 22.1. The Balaban J connectivity index is 1.73. The van der Waals surface area contributed by atoms with Gasteiger partial charge >= 0.3 is 5.97 Å². The maximum Gasteiger partial charge on any atom is 0.342 e. The summed E-state index contributed by atoms with van der Waals surface area (Å²) in [5, 5.41) is 2.64. The predicted molar refractivity (Wildman–Crippen MR) is 110 cm³/mol. The van der Waals surface area contributed by atoms with Gasteiger partial charge in [-0.3, -0.25) is 0 Å². The molecule has 0 spiro atoms. The molecule has 6 nitrogen and oxygen atoms in total. The summed E-state index contributed by atoms with van der Waals surface area (Å²) in [7, 11) is 4.65. The molecule has 1 heterocycles. The highest BCUT2D eigenvalue weighted by molar-refractivity contribution is 9.10. The minimum absolute atomic E-state index is 0.0564. The van der Waals surface area contributed by atoms with Crippen LogP contribution >= 0.6 is 27.3 Å². The largest absolute Gasteiger partial charge is 0.497 e. The highest BCUT2D eigenvalue weighted by Gasteiger charge is 2.16. The van der Waals surface area contributed by atoms with Crippen molar-refractivity contribution in [3.63, 3.8) is 0 Å². The van der Waals surface area contributed by atoms with Crippen LogP contribution < -0.4 is 14.2 Å². The molecule has 0 radical (unpaired) electrons. The van der Waals surface area contributed by atoms with E-state index in [-0.39, 0.29) is 6.61 Å². The van der Waals surface area contributed by atoms with Crippen molar-refractivity contribution in [3.8, 4) is 27.8 Å². The monoisotopic (exact) mass is 463 g/mol. The molecule has 0 amide bonds. The van der Waals surface area contributed by atoms with Gasteiger partial charge in [-0.05, 0) is 30.3 Å². The second kappa shape index (κ2) is 9.07. The molecule has 8 heteroatoms. The van der Waals surface area contributed by atoms with Crippen molar-refractivity contribution in [2.75, 3.05) is 21.3 Å². The maximum atomic E-state index is 12.4. The van der Waals surface area contributed by atoms with Gasteiger partial charge in [-0.1, -0.05) is 15.9 Å². The molecule has 0 saturated carbocycles. The van der Waals surface area contributed by atoms with E-state index in [1.165, 1.54) is 18.4 Å². The minimum Gasteiger partial charge on any atom is -0.497 e. The molecule has 0 N–H and O–H groups in total. The normalized spacial score (nSPS) is 10.4. The lowest BCUT2D eigenvalue weighted by Gasteiger charge is -2.09. The van der Waals surface area contributed by atoms with Crippen LogP contribution in [0.2, 0.25) is 0 Å². The van der Waals surface area contributed by atoms with Crippen molar-refractivity contribution >= 4 is 33.2 Å². The van der Waals surface area contributed by atoms with Crippen molar-refractivity contribution < 1.29 is 23.7 Å². The van der Waals surface area contributed by atoms with Crippen LogP contribution in [0.5, 0.6) is 17.2 Å². The fraction of sp³-hybridized carbons (Fsp3) is 0.200. The fourth-order valence-corrected chi connectivity index (χ4v) is 3.71. The first-order valence-corrected chi connectivity index (χ1v) is 9.90. The summed E-state index contributed by atoms with van der Waals surface area (Å²) >= 11 is 4.92. The number of halogens is 1. The molecule has 3 aromatic rings. The molecule has 1 aromatic heterocycles. The topological polar surface area (TPSA) is 66.9 Å². The lowest BCUT2D eigenvalue weighted by Crippen LogP contribution is -2.07. The number of thiazole rings is 1. The number of carbonyl (C=O) groups excluding carboxylic acids is 1. The van der Waals surface area contributed by atoms with Crippen LogP contribution in [0.3, 0.4) is 0 Å². The Hall–Kier alpha value is -2.58. The number of nitrogens with zero attached hydrogens (tertiary/aromatic N) is 1. The van der Waals surface area contributed by atoms with Crippen molar-refractivity contribution in [1.29, 1.82) is 0 Å². The third kappa shape index (κ3) is 4.45. The van der Waals surface area contributed by atoms with E-state index in [9.17, 15) is 4.79 Å². The van der Waals surface area contributed by atoms with Gasteiger partial charge in [0.25, 0.3) is 0 Å².